The predicted molar refractivity (Wildman–Crippen MR) is 109 cm³/mol. The van der Waals surface area contributed by atoms with Gasteiger partial charge in [0.25, 0.3) is 0 Å². The maximum absolute atomic E-state index is 13.5. The third kappa shape index (κ3) is 5.86. The van der Waals surface area contributed by atoms with Crippen LogP contribution >= 0.6 is 0 Å². The van der Waals surface area contributed by atoms with E-state index >= 15 is 0 Å². The number of aromatic nitrogens is 2. The molecule has 0 bridgehead atoms. The quantitative estimate of drug-likeness (QED) is 0.588. The van der Waals surface area contributed by atoms with Crippen molar-refractivity contribution in [2.24, 2.45) is 0 Å². The molecule has 2 heterocycles. The Morgan fingerprint density at radius 2 is 1.94 bits per heavy atom. The van der Waals surface area contributed by atoms with Crippen LogP contribution in [0.3, 0.4) is 0 Å². The number of anilines is 2. The summed E-state index contributed by atoms with van der Waals surface area (Å²) in [5, 5.41) is 8.69. The van der Waals surface area contributed by atoms with Gasteiger partial charge >= 0.3 is 6.18 Å². The first-order valence-electron chi connectivity index (χ1n) is 10.3. The molecule has 0 aromatic carbocycles. The molecule has 0 spiro atoms. The normalized spacial score (nSPS) is 23.9. The number of nitrogens with one attached hydrogen (secondary N) is 3. The Morgan fingerprint density at radius 1 is 1.19 bits per heavy atom. The molecule has 1 unspecified atom stereocenters. The third-order valence-electron chi connectivity index (χ3n) is 5.65. The molecule has 1 saturated carbocycles. The average Bonchev–Trinajstić information content (AvgIpc) is 3.13. The lowest BCUT2D eigenvalue weighted by atomic mass is 10.1. The van der Waals surface area contributed by atoms with Crippen molar-refractivity contribution >= 4 is 23.6 Å². The standard InChI is InChI=1S/C20H27F3N6O2/c1-3-17(31)26-15-7-4-8-16(15)27-18-14(20(21,22)23)10-24-19(28-18)25-13-6-5-9-29(11-13)12(2)30/h3,10,13,15-16H,1,4-9,11H2,2H3,(H,26,31)(H2,24,25,27,28)/t13?,15-,16-/m0/s1. The molecule has 1 aliphatic heterocycles. The molecule has 3 atom stereocenters. The summed E-state index contributed by atoms with van der Waals surface area (Å²) < 4.78 is 40.6. The Morgan fingerprint density at radius 3 is 2.61 bits per heavy atom. The van der Waals surface area contributed by atoms with Crippen LogP contribution in [0, 0.1) is 0 Å². The van der Waals surface area contributed by atoms with Crippen LogP contribution in [0.4, 0.5) is 24.9 Å². The maximum atomic E-state index is 13.5. The molecule has 8 nitrogen and oxygen atoms in total. The lowest BCUT2D eigenvalue weighted by Gasteiger charge is -2.32. The van der Waals surface area contributed by atoms with Gasteiger partial charge in [-0.15, -0.1) is 0 Å². The van der Waals surface area contributed by atoms with E-state index in [1.165, 1.54) is 6.92 Å². The molecule has 3 rings (SSSR count). The third-order valence-corrected chi connectivity index (χ3v) is 5.65. The summed E-state index contributed by atoms with van der Waals surface area (Å²) in [6, 6.07) is -0.857. The number of rotatable bonds is 6. The number of carbonyl (C=O) groups excluding carboxylic acids is 2. The summed E-state index contributed by atoms with van der Waals surface area (Å²) in [6.45, 7) is 6.00. The van der Waals surface area contributed by atoms with E-state index in [4.69, 9.17) is 0 Å². The van der Waals surface area contributed by atoms with Crippen molar-refractivity contribution in [2.45, 2.75) is 63.3 Å². The minimum Gasteiger partial charge on any atom is -0.365 e. The smallest absolute Gasteiger partial charge is 0.365 e. The molecular weight excluding hydrogens is 413 g/mol. The van der Waals surface area contributed by atoms with Gasteiger partial charge in [-0.1, -0.05) is 6.58 Å². The number of likely N-dealkylation sites (tertiary alicyclic amines) is 1. The van der Waals surface area contributed by atoms with Gasteiger partial charge in [0.1, 0.15) is 11.4 Å². The van der Waals surface area contributed by atoms with E-state index in [9.17, 15) is 22.8 Å². The van der Waals surface area contributed by atoms with Crippen LogP contribution in [0.25, 0.3) is 0 Å². The van der Waals surface area contributed by atoms with Gasteiger partial charge in [-0.25, -0.2) is 4.98 Å². The number of nitrogens with zero attached hydrogens (tertiary/aromatic N) is 3. The van der Waals surface area contributed by atoms with E-state index in [2.05, 4.69) is 32.5 Å². The van der Waals surface area contributed by atoms with Gasteiger partial charge in [-0.3, -0.25) is 9.59 Å². The van der Waals surface area contributed by atoms with Crippen LogP contribution in [0.1, 0.15) is 44.6 Å². The van der Waals surface area contributed by atoms with Crippen molar-refractivity contribution < 1.29 is 22.8 Å². The number of carbonyl (C=O) groups is 2. The van der Waals surface area contributed by atoms with E-state index < -0.39 is 17.8 Å². The highest BCUT2D eigenvalue weighted by atomic mass is 19.4. The van der Waals surface area contributed by atoms with Crippen molar-refractivity contribution in [1.82, 2.24) is 20.2 Å². The fourth-order valence-corrected chi connectivity index (χ4v) is 4.06. The molecule has 170 valence electrons. The highest BCUT2D eigenvalue weighted by Crippen LogP contribution is 2.35. The monoisotopic (exact) mass is 440 g/mol. The second kappa shape index (κ2) is 9.52. The lowest BCUT2D eigenvalue weighted by molar-refractivity contribution is -0.137. The summed E-state index contributed by atoms with van der Waals surface area (Å²) in [5.74, 6) is -0.673. The first-order chi connectivity index (χ1) is 14.7. The number of hydrogen-bond donors (Lipinski definition) is 3. The van der Waals surface area contributed by atoms with E-state index in [-0.39, 0.29) is 35.7 Å². The first-order valence-corrected chi connectivity index (χ1v) is 10.3. The molecule has 1 aromatic rings. The van der Waals surface area contributed by atoms with Crippen LogP contribution in [0.5, 0.6) is 0 Å². The van der Waals surface area contributed by atoms with Crippen molar-refractivity contribution in [2.75, 3.05) is 23.7 Å². The molecule has 2 fully saturated rings. The van der Waals surface area contributed by atoms with Gasteiger partial charge in [-0.2, -0.15) is 18.2 Å². The maximum Gasteiger partial charge on any atom is 0.421 e. The van der Waals surface area contributed by atoms with Gasteiger partial charge < -0.3 is 20.9 Å². The highest BCUT2D eigenvalue weighted by Gasteiger charge is 2.37. The fraction of sp³-hybridized carbons (Fsp3) is 0.600. The van der Waals surface area contributed by atoms with E-state index in [0.717, 1.165) is 31.5 Å². The van der Waals surface area contributed by atoms with E-state index in [1.54, 1.807) is 4.90 Å². The zero-order valence-corrected chi connectivity index (χ0v) is 17.3. The summed E-state index contributed by atoms with van der Waals surface area (Å²) in [5.41, 5.74) is -0.965. The van der Waals surface area contributed by atoms with Gasteiger partial charge in [0, 0.05) is 44.3 Å². The van der Waals surface area contributed by atoms with Gasteiger partial charge in [0.15, 0.2) is 0 Å². The molecular formula is C20H27F3N6O2. The van der Waals surface area contributed by atoms with Crippen molar-refractivity contribution in [3.8, 4) is 0 Å². The molecule has 0 radical (unpaired) electrons. The van der Waals surface area contributed by atoms with Crippen molar-refractivity contribution in [3.05, 3.63) is 24.4 Å². The number of amides is 2. The lowest BCUT2D eigenvalue weighted by Crippen LogP contribution is -2.44. The number of alkyl halides is 3. The Kier molecular flexibility index (Phi) is 7.01. The molecule has 1 saturated heterocycles. The number of hydrogen-bond acceptors (Lipinski definition) is 6. The Labute approximate surface area is 178 Å². The molecule has 1 aromatic heterocycles. The second-order valence-electron chi connectivity index (χ2n) is 7.90. The number of piperidine rings is 1. The van der Waals surface area contributed by atoms with E-state index in [1.807, 2.05) is 0 Å². The fourth-order valence-electron chi connectivity index (χ4n) is 4.06. The topological polar surface area (TPSA) is 99.2 Å². The van der Waals surface area contributed by atoms with Crippen LogP contribution in [-0.2, 0) is 15.8 Å². The molecule has 31 heavy (non-hydrogen) atoms. The van der Waals surface area contributed by atoms with Crippen molar-refractivity contribution in [1.29, 1.82) is 0 Å². The zero-order chi connectivity index (χ0) is 22.6. The molecule has 2 aliphatic rings. The van der Waals surface area contributed by atoms with Crippen LogP contribution in [0.15, 0.2) is 18.9 Å². The van der Waals surface area contributed by atoms with E-state index in [0.29, 0.717) is 25.9 Å². The Hall–Kier alpha value is -2.85. The summed E-state index contributed by atoms with van der Waals surface area (Å²) in [7, 11) is 0. The Bertz CT molecular complexity index is 832. The van der Waals surface area contributed by atoms with Gasteiger partial charge in [-0.05, 0) is 38.2 Å². The minimum absolute atomic E-state index is 0.0453. The van der Waals surface area contributed by atoms with Crippen LogP contribution in [0.2, 0.25) is 0 Å². The SMILES string of the molecule is C=CC(=O)N[C@H]1CCC[C@@H]1Nc1nc(NC2CCCN(C(C)=O)C2)ncc1C(F)(F)F. The summed E-state index contributed by atoms with van der Waals surface area (Å²) >= 11 is 0. The largest absolute Gasteiger partial charge is 0.421 e. The minimum atomic E-state index is -4.63. The first kappa shape index (κ1) is 22.8. The van der Waals surface area contributed by atoms with Crippen molar-refractivity contribution in [3.63, 3.8) is 0 Å². The summed E-state index contributed by atoms with van der Waals surface area (Å²) in [4.78, 5) is 32.9. The Balaban J connectivity index is 1.78. The number of halogens is 3. The predicted octanol–water partition coefficient (Wildman–Crippen LogP) is 2.55. The summed E-state index contributed by atoms with van der Waals surface area (Å²) in [6.07, 6.45) is 0.828. The second-order valence-corrected chi connectivity index (χ2v) is 7.90. The molecule has 2 amide bonds. The van der Waals surface area contributed by atoms with Crippen LogP contribution < -0.4 is 16.0 Å². The van der Waals surface area contributed by atoms with Gasteiger partial charge in [0.2, 0.25) is 17.8 Å². The average molecular weight is 440 g/mol. The zero-order valence-electron chi connectivity index (χ0n) is 17.3. The van der Waals surface area contributed by atoms with Gasteiger partial charge in [0.05, 0.1) is 0 Å². The molecule has 3 N–H and O–H groups in total. The molecule has 1 aliphatic carbocycles. The van der Waals surface area contributed by atoms with Crippen LogP contribution in [-0.4, -0.2) is 57.9 Å². The molecule has 11 heteroatoms. The highest BCUT2D eigenvalue weighted by molar-refractivity contribution is 5.87.